The second-order valence-electron chi connectivity index (χ2n) is 4.37. The molecule has 0 radical (unpaired) electrons. The fraction of sp³-hybridized carbons (Fsp3) is 0.0714. The highest BCUT2D eigenvalue weighted by Crippen LogP contribution is 2.43. The third-order valence-electron chi connectivity index (χ3n) is 3.28. The summed E-state index contributed by atoms with van der Waals surface area (Å²) >= 11 is 0. The summed E-state index contributed by atoms with van der Waals surface area (Å²) in [7, 11) is 0. The lowest BCUT2D eigenvalue weighted by Gasteiger charge is -2.09. The van der Waals surface area contributed by atoms with Gasteiger partial charge in [-0.1, -0.05) is 0 Å². The molecule has 0 fully saturated rings. The molecule has 0 bridgehead atoms. The molecule has 0 amide bonds. The monoisotopic (exact) mass is 253 g/mol. The van der Waals surface area contributed by atoms with Crippen molar-refractivity contribution < 1.29 is 9.47 Å². The Balaban J connectivity index is 1.92. The number of hydrogen-bond donors (Lipinski definition) is 1. The van der Waals surface area contributed by atoms with Crippen LogP contribution >= 0.6 is 0 Å². The minimum Gasteiger partial charge on any atom is -0.454 e. The van der Waals surface area contributed by atoms with Crippen molar-refractivity contribution in [2.24, 2.45) is 0 Å². The molecule has 5 nitrogen and oxygen atoms in total. The molecule has 4 rings (SSSR count). The molecule has 0 unspecified atom stereocenters. The first-order chi connectivity index (χ1) is 9.33. The van der Waals surface area contributed by atoms with E-state index in [9.17, 15) is 0 Å². The first-order valence-electron chi connectivity index (χ1n) is 5.94. The van der Waals surface area contributed by atoms with Gasteiger partial charge in [0.25, 0.3) is 0 Å². The van der Waals surface area contributed by atoms with Crippen molar-refractivity contribution in [3.05, 3.63) is 42.9 Å². The van der Waals surface area contributed by atoms with Crippen LogP contribution in [0.5, 0.6) is 11.5 Å². The van der Waals surface area contributed by atoms with Gasteiger partial charge < -0.3 is 19.6 Å². The maximum Gasteiger partial charge on any atom is 0.231 e. The fourth-order valence-electron chi connectivity index (χ4n) is 2.33. The average molecular weight is 253 g/mol. The molecule has 3 aromatic rings. The van der Waals surface area contributed by atoms with Gasteiger partial charge in [-0.05, 0) is 24.3 Å². The Labute approximate surface area is 109 Å². The Morgan fingerprint density at radius 2 is 2.11 bits per heavy atom. The van der Waals surface area contributed by atoms with E-state index in [1.165, 1.54) is 0 Å². The average Bonchev–Trinajstić information content (AvgIpc) is 3.07. The summed E-state index contributed by atoms with van der Waals surface area (Å²) < 4.78 is 12.7. The first-order valence-corrected chi connectivity index (χ1v) is 5.94. The zero-order valence-corrected chi connectivity index (χ0v) is 10.0. The number of benzene rings is 1. The number of pyridine rings is 1. The van der Waals surface area contributed by atoms with Gasteiger partial charge in [0.15, 0.2) is 11.5 Å². The topological polar surface area (TPSA) is 61.8 Å². The zero-order chi connectivity index (χ0) is 12.8. The van der Waals surface area contributed by atoms with Crippen LogP contribution in [0.1, 0.15) is 0 Å². The standard InChI is InChI=1S/C14H11N3O2/c15-13-10(2-3-11-14(13)19-8-18-11)9-1-4-12-16-5-6-17(12)7-9/h1-7H,8,15H2. The molecule has 5 heteroatoms. The molecule has 94 valence electrons. The maximum atomic E-state index is 6.16. The van der Waals surface area contributed by atoms with Gasteiger partial charge in [0.2, 0.25) is 6.79 Å². The van der Waals surface area contributed by atoms with E-state index < -0.39 is 0 Å². The molecule has 2 aromatic heterocycles. The Hall–Kier alpha value is -2.69. The molecule has 0 saturated heterocycles. The van der Waals surface area contributed by atoms with E-state index >= 15 is 0 Å². The molecule has 0 atom stereocenters. The summed E-state index contributed by atoms with van der Waals surface area (Å²) in [6.07, 6.45) is 5.67. The van der Waals surface area contributed by atoms with Gasteiger partial charge in [-0.3, -0.25) is 0 Å². The Kier molecular flexibility index (Phi) is 1.97. The van der Waals surface area contributed by atoms with E-state index in [-0.39, 0.29) is 6.79 Å². The zero-order valence-electron chi connectivity index (χ0n) is 10.0. The minimum atomic E-state index is 0.226. The van der Waals surface area contributed by atoms with Crippen LogP contribution in [-0.4, -0.2) is 16.2 Å². The molecule has 0 aliphatic carbocycles. The predicted octanol–water partition coefficient (Wildman–Crippen LogP) is 2.31. The van der Waals surface area contributed by atoms with E-state index in [2.05, 4.69) is 4.98 Å². The van der Waals surface area contributed by atoms with Crippen molar-refractivity contribution in [3.8, 4) is 22.6 Å². The highest BCUT2D eigenvalue weighted by Gasteiger charge is 2.19. The number of nitrogens with two attached hydrogens (primary N) is 1. The van der Waals surface area contributed by atoms with Crippen LogP contribution in [0.15, 0.2) is 42.9 Å². The van der Waals surface area contributed by atoms with Crippen molar-refractivity contribution in [2.75, 3.05) is 12.5 Å². The van der Waals surface area contributed by atoms with Crippen LogP contribution in [0, 0.1) is 0 Å². The summed E-state index contributed by atoms with van der Waals surface area (Å²) in [4.78, 5) is 4.22. The second-order valence-corrected chi connectivity index (χ2v) is 4.37. The number of fused-ring (bicyclic) bond motifs is 2. The molecule has 2 N–H and O–H groups in total. The minimum absolute atomic E-state index is 0.226. The molecule has 0 saturated carbocycles. The van der Waals surface area contributed by atoms with Gasteiger partial charge in [0.1, 0.15) is 5.65 Å². The van der Waals surface area contributed by atoms with Crippen LogP contribution in [0.2, 0.25) is 0 Å². The highest BCUT2D eigenvalue weighted by atomic mass is 16.7. The lowest BCUT2D eigenvalue weighted by molar-refractivity contribution is 0.174. The smallest absolute Gasteiger partial charge is 0.231 e. The van der Waals surface area contributed by atoms with E-state index in [0.717, 1.165) is 16.8 Å². The van der Waals surface area contributed by atoms with Crippen LogP contribution in [0.3, 0.4) is 0 Å². The number of hydrogen-bond acceptors (Lipinski definition) is 4. The van der Waals surface area contributed by atoms with Gasteiger partial charge in [-0.2, -0.15) is 0 Å². The first kappa shape index (κ1) is 10.3. The molecular formula is C14H11N3O2. The molecule has 1 aromatic carbocycles. The van der Waals surface area contributed by atoms with Gasteiger partial charge in [-0.15, -0.1) is 0 Å². The SMILES string of the molecule is Nc1c(-c2ccc3nccn3c2)ccc2c1OCO2. The van der Waals surface area contributed by atoms with E-state index in [4.69, 9.17) is 15.2 Å². The van der Waals surface area contributed by atoms with E-state index in [0.29, 0.717) is 17.2 Å². The molecule has 0 spiro atoms. The summed E-state index contributed by atoms with van der Waals surface area (Å²) in [6, 6.07) is 7.78. The Bertz CT molecular complexity index is 779. The van der Waals surface area contributed by atoms with Gasteiger partial charge in [0.05, 0.1) is 5.69 Å². The number of aromatic nitrogens is 2. The molecule has 1 aliphatic heterocycles. The number of rotatable bonds is 1. The molecule has 3 heterocycles. The number of imidazole rings is 1. The maximum absolute atomic E-state index is 6.16. The van der Waals surface area contributed by atoms with Crippen LogP contribution in [0.4, 0.5) is 5.69 Å². The number of anilines is 1. The van der Waals surface area contributed by atoms with Crippen molar-refractivity contribution in [1.29, 1.82) is 0 Å². The molecule has 1 aliphatic rings. The highest BCUT2D eigenvalue weighted by molar-refractivity contribution is 5.83. The summed E-state index contributed by atoms with van der Waals surface area (Å²) in [5, 5.41) is 0. The Morgan fingerprint density at radius 1 is 1.16 bits per heavy atom. The second kappa shape index (κ2) is 3.65. The van der Waals surface area contributed by atoms with Gasteiger partial charge >= 0.3 is 0 Å². The van der Waals surface area contributed by atoms with Crippen LogP contribution in [0.25, 0.3) is 16.8 Å². The van der Waals surface area contributed by atoms with Crippen molar-refractivity contribution in [3.63, 3.8) is 0 Å². The summed E-state index contributed by atoms with van der Waals surface area (Å²) in [6.45, 7) is 0.226. The number of nitrogen functional groups attached to an aromatic ring is 1. The lowest BCUT2D eigenvalue weighted by atomic mass is 10.0. The Morgan fingerprint density at radius 3 is 3.05 bits per heavy atom. The lowest BCUT2D eigenvalue weighted by Crippen LogP contribution is -1.96. The fourth-order valence-corrected chi connectivity index (χ4v) is 2.33. The van der Waals surface area contributed by atoms with Crippen molar-refractivity contribution in [1.82, 2.24) is 9.38 Å². The predicted molar refractivity (Wildman–Crippen MR) is 71.2 cm³/mol. The molecule has 19 heavy (non-hydrogen) atoms. The van der Waals surface area contributed by atoms with Crippen molar-refractivity contribution >= 4 is 11.3 Å². The summed E-state index contributed by atoms with van der Waals surface area (Å²) in [5.74, 6) is 1.33. The van der Waals surface area contributed by atoms with Gasteiger partial charge in [-0.25, -0.2) is 4.98 Å². The third kappa shape index (κ3) is 1.45. The number of nitrogens with zero attached hydrogens (tertiary/aromatic N) is 2. The third-order valence-corrected chi connectivity index (χ3v) is 3.28. The number of ether oxygens (including phenoxy) is 2. The largest absolute Gasteiger partial charge is 0.454 e. The van der Waals surface area contributed by atoms with E-state index in [1.807, 2.05) is 41.1 Å². The van der Waals surface area contributed by atoms with Crippen LogP contribution < -0.4 is 15.2 Å². The van der Waals surface area contributed by atoms with E-state index in [1.54, 1.807) is 6.20 Å². The van der Waals surface area contributed by atoms with Crippen LogP contribution in [-0.2, 0) is 0 Å². The quantitative estimate of drug-likeness (QED) is 0.676. The summed E-state index contributed by atoms with van der Waals surface area (Å²) in [5.41, 5.74) is 9.61. The normalized spacial score (nSPS) is 13.1. The van der Waals surface area contributed by atoms with Gasteiger partial charge in [0, 0.05) is 29.7 Å². The van der Waals surface area contributed by atoms with Crippen molar-refractivity contribution in [2.45, 2.75) is 0 Å². The molecular weight excluding hydrogens is 242 g/mol.